The molecule has 0 saturated heterocycles. The van der Waals surface area contributed by atoms with Gasteiger partial charge in [0.25, 0.3) is 5.78 Å². The number of nitriles is 1. The Labute approximate surface area is 116 Å². The summed E-state index contributed by atoms with van der Waals surface area (Å²) in [6.07, 6.45) is 1.17. The molecule has 0 unspecified atom stereocenters. The number of hydrogen-bond donors (Lipinski definition) is 1. The molecule has 6 nitrogen and oxygen atoms in total. The second-order valence-electron chi connectivity index (χ2n) is 3.59. The first-order valence-corrected chi connectivity index (χ1v) is 5.84. The van der Waals surface area contributed by atoms with Gasteiger partial charge in [-0.3, -0.25) is 4.79 Å². The molecule has 0 bridgehead atoms. The smallest absolute Gasteiger partial charge is 0.380 e. The van der Waals surface area contributed by atoms with Crippen LogP contribution in [0.1, 0.15) is 6.92 Å². The van der Waals surface area contributed by atoms with E-state index in [0.717, 1.165) is 0 Å². The number of methoxy groups -OCH3 is 1. The van der Waals surface area contributed by atoms with Crippen molar-refractivity contribution in [3.8, 4) is 11.8 Å². The van der Waals surface area contributed by atoms with Gasteiger partial charge in [-0.1, -0.05) is 0 Å². The summed E-state index contributed by atoms with van der Waals surface area (Å²) in [6.45, 7) is 1.66. The highest BCUT2D eigenvalue weighted by Crippen LogP contribution is 2.15. The first-order valence-electron chi connectivity index (χ1n) is 5.84. The van der Waals surface area contributed by atoms with Crippen LogP contribution in [-0.4, -0.2) is 25.5 Å². The fourth-order valence-electron chi connectivity index (χ4n) is 1.30. The minimum Gasteiger partial charge on any atom is -0.497 e. The van der Waals surface area contributed by atoms with Crippen LogP contribution >= 0.6 is 0 Å². The summed E-state index contributed by atoms with van der Waals surface area (Å²) in [5.41, 5.74) is 0.328. The van der Waals surface area contributed by atoms with Gasteiger partial charge in [0.2, 0.25) is 0 Å². The molecular weight excluding hydrogens is 260 g/mol. The lowest BCUT2D eigenvalue weighted by molar-refractivity contribution is -0.151. The number of Topliss-reactive ketones (excluding diaryl/α,β-unsaturated/α-hetero) is 1. The molecule has 1 aromatic carbocycles. The largest absolute Gasteiger partial charge is 0.497 e. The van der Waals surface area contributed by atoms with Crippen molar-refractivity contribution in [1.82, 2.24) is 0 Å². The molecular formula is C14H14N2O4. The zero-order chi connectivity index (χ0) is 15.0. The lowest BCUT2D eigenvalue weighted by Gasteiger charge is -2.04. The predicted octanol–water partition coefficient (Wildman–Crippen LogP) is 1.65. The molecule has 0 aliphatic carbocycles. The SMILES string of the molecule is CCOC(=O)C(=O)/C(C#N)=C\Nc1ccc(OC)cc1. The van der Waals surface area contributed by atoms with E-state index in [0.29, 0.717) is 11.4 Å². The average molecular weight is 274 g/mol. The van der Waals surface area contributed by atoms with Crippen molar-refractivity contribution in [2.75, 3.05) is 19.0 Å². The molecule has 1 N–H and O–H groups in total. The summed E-state index contributed by atoms with van der Waals surface area (Å²) < 4.78 is 9.55. The van der Waals surface area contributed by atoms with Crippen molar-refractivity contribution < 1.29 is 19.1 Å². The molecule has 0 aromatic heterocycles. The van der Waals surface area contributed by atoms with Crippen molar-refractivity contribution >= 4 is 17.4 Å². The summed E-state index contributed by atoms with van der Waals surface area (Å²) in [7, 11) is 1.55. The van der Waals surface area contributed by atoms with Crippen molar-refractivity contribution in [2.24, 2.45) is 0 Å². The second kappa shape index (κ2) is 7.59. The Kier molecular flexibility index (Phi) is 5.78. The summed E-state index contributed by atoms with van der Waals surface area (Å²) >= 11 is 0. The lowest BCUT2D eigenvalue weighted by Crippen LogP contribution is -2.19. The maximum absolute atomic E-state index is 11.6. The number of anilines is 1. The van der Waals surface area contributed by atoms with Crippen LogP contribution in [0.4, 0.5) is 5.69 Å². The topological polar surface area (TPSA) is 88.4 Å². The van der Waals surface area contributed by atoms with Crippen molar-refractivity contribution in [2.45, 2.75) is 6.92 Å². The summed E-state index contributed by atoms with van der Waals surface area (Å²) in [6, 6.07) is 8.51. The normalized spacial score (nSPS) is 10.3. The molecule has 0 fully saturated rings. The zero-order valence-electron chi connectivity index (χ0n) is 11.2. The van der Waals surface area contributed by atoms with E-state index in [-0.39, 0.29) is 12.2 Å². The Morgan fingerprint density at radius 1 is 1.35 bits per heavy atom. The number of benzene rings is 1. The molecule has 6 heteroatoms. The van der Waals surface area contributed by atoms with Crippen LogP contribution in [0, 0.1) is 11.3 Å². The highest BCUT2D eigenvalue weighted by Gasteiger charge is 2.19. The van der Waals surface area contributed by atoms with Gasteiger partial charge in [-0.25, -0.2) is 4.79 Å². The van der Waals surface area contributed by atoms with Gasteiger partial charge in [-0.05, 0) is 31.2 Å². The van der Waals surface area contributed by atoms with Gasteiger partial charge < -0.3 is 14.8 Å². The van der Waals surface area contributed by atoms with Crippen LogP contribution in [-0.2, 0) is 14.3 Å². The quantitative estimate of drug-likeness (QED) is 0.367. The highest BCUT2D eigenvalue weighted by molar-refractivity contribution is 6.41. The number of ether oxygens (including phenoxy) is 2. The van der Waals surface area contributed by atoms with Gasteiger partial charge in [0.15, 0.2) is 0 Å². The minimum absolute atomic E-state index is 0.0786. The maximum atomic E-state index is 11.6. The van der Waals surface area contributed by atoms with Crippen LogP contribution in [0.3, 0.4) is 0 Å². The van der Waals surface area contributed by atoms with E-state index < -0.39 is 11.8 Å². The third-order valence-electron chi connectivity index (χ3n) is 2.30. The number of nitrogens with one attached hydrogen (secondary N) is 1. The van der Waals surface area contributed by atoms with E-state index in [9.17, 15) is 9.59 Å². The van der Waals surface area contributed by atoms with Gasteiger partial charge in [-0.15, -0.1) is 0 Å². The van der Waals surface area contributed by atoms with E-state index in [2.05, 4.69) is 10.1 Å². The molecule has 0 radical (unpaired) electrons. The van der Waals surface area contributed by atoms with E-state index in [1.165, 1.54) is 6.20 Å². The molecule has 0 aliphatic heterocycles. The maximum Gasteiger partial charge on any atom is 0.380 e. The predicted molar refractivity (Wildman–Crippen MR) is 72.0 cm³/mol. The monoisotopic (exact) mass is 274 g/mol. The van der Waals surface area contributed by atoms with Crippen molar-refractivity contribution in [1.29, 1.82) is 5.26 Å². The number of esters is 1. The minimum atomic E-state index is -1.04. The Hall–Kier alpha value is -2.81. The van der Waals surface area contributed by atoms with E-state index in [1.54, 1.807) is 44.4 Å². The molecule has 20 heavy (non-hydrogen) atoms. The van der Waals surface area contributed by atoms with Crippen LogP contribution in [0.25, 0.3) is 0 Å². The number of rotatable bonds is 6. The Morgan fingerprint density at radius 2 is 2.00 bits per heavy atom. The Balaban J connectivity index is 2.77. The molecule has 0 saturated carbocycles. The summed E-state index contributed by atoms with van der Waals surface area (Å²) in [4.78, 5) is 22.8. The molecule has 0 aliphatic rings. The molecule has 0 atom stereocenters. The first kappa shape index (κ1) is 15.2. The molecule has 1 rings (SSSR count). The highest BCUT2D eigenvalue weighted by atomic mass is 16.5. The Morgan fingerprint density at radius 3 is 2.50 bits per heavy atom. The van der Waals surface area contributed by atoms with E-state index in [4.69, 9.17) is 10.00 Å². The summed E-state index contributed by atoms with van der Waals surface area (Å²) in [5, 5.41) is 11.6. The van der Waals surface area contributed by atoms with E-state index >= 15 is 0 Å². The number of nitrogens with zero attached hydrogens (tertiary/aromatic N) is 1. The van der Waals surface area contributed by atoms with Crippen LogP contribution < -0.4 is 10.1 Å². The fourth-order valence-corrected chi connectivity index (χ4v) is 1.30. The lowest BCUT2D eigenvalue weighted by atomic mass is 10.2. The van der Waals surface area contributed by atoms with Gasteiger partial charge in [0, 0.05) is 11.9 Å². The third-order valence-corrected chi connectivity index (χ3v) is 2.30. The summed E-state index contributed by atoms with van der Waals surface area (Å²) in [5.74, 6) is -1.34. The molecule has 1 aromatic rings. The number of carbonyl (C=O) groups is 2. The van der Waals surface area contributed by atoms with Crippen molar-refractivity contribution in [3.05, 3.63) is 36.0 Å². The third kappa shape index (κ3) is 4.14. The fraction of sp³-hybridized carbons (Fsp3) is 0.214. The van der Waals surface area contributed by atoms with Crippen LogP contribution in [0.5, 0.6) is 5.75 Å². The second-order valence-corrected chi connectivity index (χ2v) is 3.59. The van der Waals surface area contributed by atoms with Crippen LogP contribution in [0.15, 0.2) is 36.0 Å². The Bertz CT molecular complexity index is 556. The van der Waals surface area contributed by atoms with Gasteiger partial charge >= 0.3 is 5.97 Å². The van der Waals surface area contributed by atoms with Gasteiger partial charge in [0.05, 0.1) is 13.7 Å². The molecule has 0 amide bonds. The van der Waals surface area contributed by atoms with Crippen molar-refractivity contribution in [3.63, 3.8) is 0 Å². The molecule has 0 heterocycles. The first-order chi connectivity index (χ1) is 9.62. The van der Waals surface area contributed by atoms with Gasteiger partial charge in [0.1, 0.15) is 17.4 Å². The number of ketones is 1. The van der Waals surface area contributed by atoms with Gasteiger partial charge in [-0.2, -0.15) is 5.26 Å². The van der Waals surface area contributed by atoms with E-state index in [1.807, 2.05) is 0 Å². The molecule has 104 valence electrons. The molecule has 0 spiro atoms. The van der Waals surface area contributed by atoms with Crippen LogP contribution in [0.2, 0.25) is 0 Å². The zero-order valence-corrected chi connectivity index (χ0v) is 11.2. The standard InChI is InChI=1S/C14H14N2O4/c1-3-20-14(18)13(17)10(8-15)9-16-11-4-6-12(19-2)7-5-11/h4-7,9,16H,3H2,1-2H3/b10-9-. The number of carbonyl (C=O) groups excluding carboxylic acids is 2. The average Bonchev–Trinajstić information content (AvgIpc) is 2.48. The number of hydrogen-bond acceptors (Lipinski definition) is 6.